The molecule has 4 rings (SSSR count). The van der Waals surface area contributed by atoms with Gasteiger partial charge in [-0.05, 0) is 49.7 Å². The van der Waals surface area contributed by atoms with Crippen LogP contribution in [0.15, 0.2) is 47.4 Å². The predicted molar refractivity (Wildman–Crippen MR) is 141 cm³/mol. The van der Waals surface area contributed by atoms with Gasteiger partial charge >= 0.3 is 6.09 Å². The maximum absolute atomic E-state index is 13.9. The maximum Gasteiger partial charge on any atom is 0.405 e. The fraction of sp³-hybridized carbons (Fsp3) is 0.375. The third-order valence-electron chi connectivity index (χ3n) is 6.47. The summed E-state index contributed by atoms with van der Waals surface area (Å²) in [5.41, 5.74) is 5.85. The number of primary amides is 1. The summed E-state index contributed by atoms with van der Waals surface area (Å²) < 4.78 is 33.9. The van der Waals surface area contributed by atoms with Crippen LogP contribution in [-0.2, 0) is 30.8 Å². The molecule has 2 fully saturated rings. The Kier molecular flexibility index (Phi) is 8.15. The number of piperazine rings is 1. The molecule has 0 radical (unpaired) electrons. The van der Waals surface area contributed by atoms with Gasteiger partial charge in [0, 0.05) is 22.5 Å². The van der Waals surface area contributed by atoms with Gasteiger partial charge in [-0.1, -0.05) is 46.9 Å². The van der Waals surface area contributed by atoms with E-state index in [9.17, 15) is 22.8 Å². The van der Waals surface area contributed by atoms with Gasteiger partial charge in [0.15, 0.2) is 6.10 Å². The summed E-state index contributed by atoms with van der Waals surface area (Å²) >= 11 is 18.4. The second-order valence-electron chi connectivity index (χ2n) is 9.24. The highest BCUT2D eigenvalue weighted by atomic mass is 35.5. The molecule has 38 heavy (non-hydrogen) atoms. The Balaban J connectivity index is 1.85. The molecule has 2 aliphatic rings. The van der Waals surface area contributed by atoms with Crippen molar-refractivity contribution in [1.29, 1.82) is 0 Å². The van der Waals surface area contributed by atoms with Crippen LogP contribution in [0.4, 0.5) is 4.79 Å². The standard InChI is InChI=1S/C24H25Cl3N4O6S/c1-13(2)29-12-21-30(38(35,36)20-7-6-16(26)10-17(20)27)11-19(37-24(28)34)23(33)31(21)18(22(29)32)9-14-4-3-5-15(25)8-14/h3-8,10,13,18-19,21H,9,11-12H2,1-2H3,(H2,28,34). The molecule has 0 saturated carbocycles. The molecule has 0 spiro atoms. The van der Waals surface area contributed by atoms with Crippen molar-refractivity contribution in [2.75, 3.05) is 13.1 Å². The van der Waals surface area contributed by atoms with Crippen molar-refractivity contribution in [2.45, 2.75) is 49.5 Å². The smallest absolute Gasteiger partial charge is 0.405 e. The zero-order chi connectivity index (χ0) is 27.9. The van der Waals surface area contributed by atoms with Crippen molar-refractivity contribution in [3.63, 3.8) is 0 Å². The number of hydrogen-bond donors (Lipinski definition) is 1. The minimum Gasteiger partial charge on any atom is -0.435 e. The molecule has 0 aromatic heterocycles. The van der Waals surface area contributed by atoms with E-state index >= 15 is 0 Å². The Morgan fingerprint density at radius 2 is 1.74 bits per heavy atom. The van der Waals surface area contributed by atoms with Crippen molar-refractivity contribution in [1.82, 2.24) is 14.1 Å². The van der Waals surface area contributed by atoms with E-state index in [0.717, 1.165) is 4.31 Å². The first-order valence-electron chi connectivity index (χ1n) is 11.6. The Morgan fingerprint density at radius 1 is 1.05 bits per heavy atom. The predicted octanol–water partition coefficient (Wildman–Crippen LogP) is 3.13. The molecule has 14 heteroatoms. The Bertz CT molecular complexity index is 1390. The highest BCUT2D eigenvalue weighted by Crippen LogP contribution is 2.35. The van der Waals surface area contributed by atoms with E-state index in [1.54, 1.807) is 38.1 Å². The molecule has 0 aliphatic carbocycles. The van der Waals surface area contributed by atoms with Gasteiger partial charge in [0.2, 0.25) is 15.9 Å². The average molecular weight is 604 g/mol. The van der Waals surface area contributed by atoms with Crippen LogP contribution in [0.1, 0.15) is 19.4 Å². The summed E-state index contributed by atoms with van der Waals surface area (Å²) in [5.74, 6) is -1.11. The fourth-order valence-electron chi connectivity index (χ4n) is 4.77. The zero-order valence-electron chi connectivity index (χ0n) is 20.4. The van der Waals surface area contributed by atoms with Gasteiger partial charge in [-0.15, -0.1) is 0 Å². The second kappa shape index (κ2) is 10.9. The third-order valence-corrected chi connectivity index (χ3v) is 9.29. The molecule has 2 aromatic rings. The number of carbonyl (C=O) groups excluding carboxylic acids is 3. The van der Waals surface area contributed by atoms with Gasteiger partial charge in [-0.3, -0.25) is 9.59 Å². The molecule has 3 atom stereocenters. The number of rotatable bonds is 6. The number of nitrogens with two attached hydrogens (primary N) is 1. The highest BCUT2D eigenvalue weighted by Gasteiger charge is 2.55. The molecular formula is C24H25Cl3N4O6S. The summed E-state index contributed by atoms with van der Waals surface area (Å²) in [6.45, 7) is 2.96. The summed E-state index contributed by atoms with van der Waals surface area (Å²) in [7, 11) is -4.38. The first kappa shape index (κ1) is 28.4. The van der Waals surface area contributed by atoms with E-state index in [2.05, 4.69) is 0 Å². The number of sulfonamides is 1. The molecule has 204 valence electrons. The largest absolute Gasteiger partial charge is 0.435 e. The topological polar surface area (TPSA) is 130 Å². The van der Waals surface area contributed by atoms with Crippen molar-refractivity contribution >= 4 is 62.7 Å². The molecule has 0 bridgehead atoms. The van der Waals surface area contributed by atoms with Crippen molar-refractivity contribution in [2.24, 2.45) is 5.73 Å². The maximum atomic E-state index is 13.9. The molecule has 2 aromatic carbocycles. The van der Waals surface area contributed by atoms with Gasteiger partial charge in [0.05, 0.1) is 18.1 Å². The number of nitrogens with zero attached hydrogens (tertiary/aromatic N) is 3. The summed E-state index contributed by atoms with van der Waals surface area (Å²) in [6, 6.07) is 9.28. The molecule has 3 unspecified atom stereocenters. The van der Waals surface area contributed by atoms with Gasteiger partial charge < -0.3 is 20.3 Å². The van der Waals surface area contributed by atoms with E-state index < -0.39 is 46.9 Å². The second-order valence-corrected chi connectivity index (χ2v) is 12.4. The van der Waals surface area contributed by atoms with Crippen LogP contribution in [0.25, 0.3) is 0 Å². The van der Waals surface area contributed by atoms with Crippen molar-refractivity contribution in [3.05, 3.63) is 63.1 Å². The lowest BCUT2D eigenvalue weighted by molar-refractivity contribution is -0.174. The minimum absolute atomic E-state index is 0.0454. The van der Waals surface area contributed by atoms with Crippen LogP contribution in [-0.4, -0.2) is 77.9 Å². The summed E-state index contributed by atoms with van der Waals surface area (Å²) in [6.07, 6.45) is -3.91. The van der Waals surface area contributed by atoms with Crippen LogP contribution in [0.2, 0.25) is 15.1 Å². The number of fused-ring (bicyclic) bond motifs is 1. The monoisotopic (exact) mass is 602 g/mol. The van der Waals surface area contributed by atoms with Gasteiger partial charge in [-0.25, -0.2) is 13.2 Å². The lowest BCUT2D eigenvalue weighted by Gasteiger charge is -2.53. The Labute approximate surface area is 235 Å². The normalized spacial score (nSPS) is 22.5. The van der Waals surface area contributed by atoms with Crippen LogP contribution >= 0.6 is 34.8 Å². The van der Waals surface area contributed by atoms with Gasteiger partial charge in [0.1, 0.15) is 17.1 Å². The molecular weight excluding hydrogens is 579 g/mol. The number of carbonyl (C=O) groups is 3. The lowest BCUT2D eigenvalue weighted by atomic mass is 9.97. The number of halogens is 3. The van der Waals surface area contributed by atoms with E-state index in [-0.39, 0.29) is 39.9 Å². The Morgan fingerprint density at radius 3 is 2.34 bits per heavy atom. The molecule has 2 heterocycles. The molecule has 3 amide bonds. The van der Waals surface area contributed by atoms with Crippen molar-refractivity contribution in [3.8, 4) is 0 Å². The number of benzene rings is 2. The lowest BCUT2D eigenvalue weighted by Crippen LogP contribution is -2.75. The van der Waals surface area contributed by atoms with Crippen molar-refractivity contribution < 1.29 is 27.5 Å². The van der Waals surface area contributed by atoms with E-state index in [1.807, 2.05) is 0 Å². The highest BCUT2D eigenvalue weighted by molar-refractivity contribution is 7.89. The van der Waals surface area contributed by atoms with Gasteiger partial charge in [-0.2, -0.15) is 4.31 Å². The summed E-state index contributed by atoms with van der Waals surface area (Å²) in [5, 5.41) is 0.538. The number of hydrogen-bond acceptors (Lipinski definition) is 6. The number of ether oxygens (including phenoxy) is 1. The molecule has 10 nitrogen and oxygen atoms in total. The van der Waals surface area contributed by atoms with E-state index in [4.69, 9.17) is 45.3 Å². The van der Waals surface area contributed by atoms with Crippen LogP contribution < -0.4 is 5.73 Å². The van der Waals surface area contributed by atoms with E-state index in [1.165, 1.54) is 28.0 Å². The molecule has 2 N–H and O–H groups in total. The SMILES string of the molecule is CC(C)N1CC2N(C(=O)C(OC(N)=O)CN2S(=O)(=O)c2ccc(Cl)cc2Cl)C(Cc2cccc(Cl)c2)C1=O. The zero-order valence-corrected chi connectivity index (χ0v) is 23.5. The Hall–Kier alpha value is -2.57. The molecule has 2 aliphatic heterocycles. The van der Waals surface area contributed by atoms with E-state index in [0.29, 0.717) is 10.6 Å². The fourth-order valence-corrected chi connectivity index (χ4v) is 7.30. The van der Waals surface area contributed by atoms with Crippen LogP contribution in [0.3, 0.4) is 0 Å². The minimum atomic E-state index is -4.38. The quantitative estimate of drug-likeness (QED) is 0.540. The van der Waals surface area contributed by atoms with Crippen LogP contribution in [0, 0.1) is 0 Å². The number of amides is 3. The average Bonchev–Trinajstić information content (AvgIpc) is 2.81. The van der Waals surface area contributed by atoms with Gasteiger partial charge in [0.25, 0.3) is 5.91 Å². The first-order valence-corrected chi connectivity index (χ1v) is 14.2. The first-order chi connectivity index (χ1) is 17.8. The summed E-state index contributed by atoms with van der Waals surface area (Å²) in [4.78, 5) is 41.4. The third kappa shape index (κ3) is 5.43. The van der Waals surface area contributed by atoms with Crippen LogP contribution in [0.5, 0.6) is 0 Å². The molecule has 2 saturated heterocycles.